The average molecular weight is 316 g/mol. The van der Waals surface area contributed by atoms with Gasteiger partial charge in [-0.05, 0) is 13.0 Å². The number of pyridine rings is 1. The Morgan fingerprint density at radius 2 is 2.25 bits per heavy atom. The first-order valence-corrected chi connectivity index (χ1v) is 7.56. The third-order valence-electron chi connectivity index (χ3n) is 2.24. The summed E-state index contributed by atoms with van der Waals surface area (Å²) in [7, 11) is -3.96. The van der Waals surface area contributed by atoms with Crippen LogP contribution in [0.3, 0.4) is 0 Å². The Morgan fingerprint density at radius 3 is 2.90 bits per heavy atom. The fourth-order valence-electron chi connectivity index (χ4n) is 1.25. The zero-order valence-electron chi connectivity index (χ0n) is 10.1. The van der Waals surface area contributed by atoms with Crippen LogP contribution in [-0.4, -0.2) is 29.3 Å². The predicted octanol–water partition coefficient (Wildman–Crippen LogP) is 1.68. The van der Waals surface area contributed by atoms with E-state index in [1.807, 2.05) is 0 Å². The second kappa shape index (κ2) is 5.51. The van der Waals surface area contributed by atoms with Crippen molar-refractivity contribution >= 4 is 32.2 Å². The molecule has 0 aliphatic rings. The van der Waals surface area contributed by atoms with Crippen LogP contribution in [0.1, 0.15) is 12.6 Å². The molecule has 0 saturated carbocycles. The van der Waals surface area contributed by atoms with Gasteiger partial charge in [-0.3, -0.25) is 9.71 Å². The van der Waals surface area contributed by atoms with Gasteiger partial charge in [0.15, 0.2) is 5.13 Å². The van der Waals surface area contributed by atoms with Gasteiger partial charge >= 0.3 is 0 Å². The summed E-state index contributed by atoms with van der Waals surface area (Å²) >= 11 is 1.01. The highest BCUT2D eigenvalue weighted by Crippen LogP contribution is 2.20. The molecule has 7 nitrogen and oxygen atoms in total. The number of oxime groups is 1. The van der Waals surface area contributed by atoms with Gasteiger partial charge < -0.3 is 5.21 Å². The summed E-state index contributed by atoms with van der Waals surface area (Å²) < 4.78 is 39.1. The first-order valence-electron chi connectivity index (χ1n) is 5.20. The topological polar surface area (TPSA) is 105 Å². The molecule has 2 aromatic heterocycles. The molecule has 2 aromatic rings. The molecule has 0 fully saturated rings. The van der Waals surface area contributed by atoms with Crippen LogP contribution in [0.5, 0.6) is 0 Å². The molecule has 0 amide bonds. The van der Waals surface area contributed by atoms with Crippen LogP contribution in [0.15, 0.2) is 33.9 Å². The van der Waals surface area contributed by atoms with E-state index in [-0.39, 0.29) is 15.7 Å². The molecule has 10 heteroatoms. The van der Waals surface area contributed by atoms with Crippen molar-refractivity contribution in [1.82, 2.24) is 9.97 Å². The number of hydrogen-bond acceptors (Lipinski definition) is 7. The minimum absolute atomic E-state index is 0.0762. The minimum Gasteiger partial charge on any atom is -0.411 e. The van der Waals surface area contributed by atoms with Crippen LogP contribution in [0, 0.1) is 5.82 Å². The summed E-state index contributed by atoms with van der Waals surface area (Å²) in [5, 5.41) is 13.2. The summed E-state index contributed by atoms with van der Waals surface area (Å²) in [4.78, 5) is 7.11. The Hall–Kier alpha value is -2.07. The molecule has 0 unspecified atom stereocenters. The Kier molecular flexibility index (Phi) is 3.95. The molecule has 0 aliphatic carbocycles. The molecule has 0 saturated heterocycles. The minimum atomic E-state index is -3.96. The number of halogens is 1. The Morgan fingerprint density at radius 1 is 1.50 bits per heavy atom. The maximum atomic E-state index is 13.0. The van der Waals surface area contributed by atoms with E-state index < -0.39 is 15.8 Å². The van der Waals surface area contributed by atoms with Gasteiger partial charge in [-0.2, -0.15) is 0 Å². The standard InChI is InChI=1S/C10H9FN4O3S2/c1-6(14-16)9-5-19-10(13-9)15-20(17,18)8-2-7(11)3-12-4-8/h2-5,16H,1H3,(H,13,15). The Balaban J connectivity index is 2.27. The second-order valence-electron chi connectivity index (χ2n) is 3.67. The lowest BCUT2D eigenvalue weighted by Crippen LogP contribution is -2.13. The molecular weight excluding hydrogens is 307 g/mol. The molecule has 0 bridgehead atoms. The van der Waals surface area contributed by atoms with E-state index in [9.17, 15) is 12.8 Å². The van der Waals surface area contributed by atoms with E-state index >= 15 is 0 Å². The zero-order valence-corrected chi connectivity index (χ0v) is 11.7. The zero-order chi connectivity index (χ0) is 14.8. The Bertz CT molecular complexity index is 757. The normalized spacial score (nSPS) is 12.4. The summed E-state index contributed by atoms with van der Waals surface area (Å²) in [5.41, 5.74) is 0.590. The van der Waals surface area contributed by atoms with Crippen LogP contribution in [-0.2, 0) is 10.0 Å². The molecular formula is C10H9FN4O3S2. The van der Waals surface area contributed by atoms with Gasteiger partial charge in [-0.15, -0.1) is 11.3 Å². The van der Waals surface area contributed by atoms with Gasteiger partial charge in [0.05, 0.1) is 6.20 Å². The monoisotopic (exact) mass is 316 g/mol. The lowest BCUT2D eigenvalue weighted by atomic mass is 10.3. The van der Waals surface area contributed by atoms with Crippen molar-refractivity contribution < 1.29 is 18.0 Å². The van der Waals surface area contributed by atoms with Crippen molar-refractivity contribution in [2.45, 2.75) is 11.8 Å². The third-order valence-corrected chi connectivity index (χ3v) is 4.43. The summed E-state index contributed by atoms with van der Waals surface area (Å²) in [6.45, 7) is 1.52. The summed E-state index contributed by atoms with van der Waals surface area (Å²) in [5.74, 6) is -0.754. The van der Waals surface area contributed by atoms with Crippen LogP contribution >= 0.6 is 11.3 Å². The molecule has 2 N–H and O–H groups in total. The highest BCUT2D eigenvalue weighted by Gasteiger charge is 2.17. The fourth-order valence-corrected chi connectivity index (χ4v) is 3.23. The molecule has 0 aromatic carbocycles. The van der Waals surface area contributed by atoms with Crippen LogP contribution < -0.4 is 4.72 Å². The van der Waals surface area contributed by atoms with Crippen molar-refractivity contribution in [3.05, 3.63) is 35.4 Å². The van der Waals surface area contributed by atoms with Gasteiger partial charge in [0.25, 0.3) is 10.0 Å². The lowest BCUT2D eigenvalue weighted by molar-refractivity contribution is 0.319. The number of nitrogens with one attached hydrogen (secondary N) is 1. The summed E-state index contributed by atoms with van der Waals surface area (Å²) in [6, 6.07) is 0.851. The average Bonchev–Trinajstić information content (AvgIpc) is 2.85. The highest BCUT2D eigenvalue weighted by molar-refractivity contribution is 7.93. The van der Waals surface area contributed by atoms with Gasteiger partial charge in [-0.1, -0.05) is 5.16 Å². The van der Waals surface area contributed by atoms with Gasteiger partial charge in [-0.25, -0.2) is 17.8 Å². The predicted molar refractivity (Wildman–Crippen MR) is 71.1 cm³/mol. The van der Waals surface area contributed by atoms with Crippen molar-refractivity contribution in [2.75, 3.05) is 4.72 Å². The molecule has 0 aliphatic heterocycles. The lowest BCUT2D eigenvalue weighted by Gasteiger charge is -2.04. The first-order chi connectivity index (χ1) is 9.42. The van der Waals surface area contributed by atoms with Crippen molar-refractivity contribution in [3.63, 3.8) is 0 Å². The maximum Gasteiger partial charge on any atom is 0.265 e. The fraction of sp³-hybridized carbons (Fsp3) is 0.100. The van der Waals surface area contributed by atoms with Gasteiger partial charge in [0.2, 0.25) is 0 Å². The van der Waals surface area contributed by atoms with Crippen molar-refractivity contribution in [3.8, 4) is 0 Å². The molecule has 0 atom stereocenters. The van der Waals surface area contributed by atoms with Gasteiger partial charge in [0, 0.05) is 11.6 Å². The van der Waals surface area contributed by atoms with Crippen molar-refractivity contribution in [2.24, 2.45) is 5.16 Å². The molecule has 20 heavy (non-hydrogen) atoms. The number of hydrogen-bond donors (Lipinski definition) is 2. The van der Waals surface area contributed by atoms with Crippen molar-refractivity contribution in [1.29, 1.82) is 0 Å². The Labute approximate surface area is 117 Å². The smallest absolute Gasteiger partial charge is 0.265 e. The van der Waals surface area contributed by atoms with Crippen LogP contribution in [0.2, 0.25) is 0 Å². The van der Waals surface area contributed by atoms with E-state index in [2.05, 4.69) is 19.8 Å². The molecule has 2 rings (SSSR count). The quantitative estimate of drug-likeness (QED) is 0.507. The number of thiazole rings is 1. The van der Waals surface area contributed by atoms with E-state index in [1.54, 1.807) is 0 Å². The van der Waals surface area contributed by atoms with Gasteiger partial charge in [0.1, 0.15) is 22.1 Å². The van der Waals surface area contributed by atoms with E-state index in [4.69, 9.17) is 5.21 Å². The number of aromatic nitrogens is 2. The number of nitrogens with zero attached hydrogens (tertiary/aromatic N) is 3. The molecule has 106 valence electrons. The number of sulfonamides is 1. The molecule has 2 heterocycles. The summed E-state index contributed by atoms with van der Waals surface area (Å²) in [6.07, 6.45) is 1.93. The van der Waals surface area contributed by atoms with Crippen LogP contribution in [0.4, 0.5) is 9.52 Å². The number of rotatable bonds is 4. The third kappa shape index (κ3) is 3.08. The first kappa shape index (κ1) is 14.3. The van der Waals surface area contributed by atoms with E-state index in [1.165, 1.54) is 12.3 Å². The number of anilines is 1. The molecule has 0 spiro atoms. The van der Waals surface area contributed by atoms with E-state index in [0.717, 1.165) is 29.8 Å². The molecule has 0 radical (unpaired) electrons. The van der Waals surface area contributed by atoms with Crippen LogP contribution in [0.25, 0.3) is 0 Å². The van der Waals surface area contributed by atoms with E-state index in [0.29, 0.717) is 5.69 Å². The largest absolute Gasteiger partial charge is 0.411 e. The highest BCUT2D eigenvalue weighted by atomic mass is 32.2. The SMILES string of the molecule is CC(=NO)c1csc(NS(=O)(=O)c2cncc(F)c2)n1. The maximum absolute atomic E-state index is 13.0. The second-order valence-corrected chi connectivity index (χ2v) is 6.21.